The van der Waals surface area contributed by atoms with Crippen molar-refractivity contribution < 1.29 is 23.0 Å². The van der Waals surface area contributed by atoms with Crippen LogP contribution in [0.25, 0.3) is 0 Å². The highest BCUT2D eigenvalue weighted by atomic mass is 35.5. The van der Waals surface area contributed by atoms with Crippen molar-refractivity contribution in [1.82, 2.24) is 10.2 Å². The summed E-state index contributed by atoms with van der Waals surface area (Å²) >= 11 is 0. The standard InChI is InChI=1S/C15H21F3N2O2.ClH/c16-15(17,18)22-14-6-2-1-4-12(14)13(5-3-11-21)20-9-7-19-8-10-20;/h1-2,4,6,13,19,21H,3,5,7-11H2;1H/t13-;/m1./s1. The van der Waals surface area contributed by atoms with E-state index in [9.17, 15) is 13.2 Å². The van der Waals surface area contributed by atoms with Crippen LogP contribution in [-0.2, 0) is 0 Å². The number of piperazine rings is 1. The second-order valence-corrected chi connectivity index (χ2v) is 5.25. The molecular weight excluding hydrogens is 333 g/mol. The van der Waals surface area contributed by atoms with Gasteiger partial charge in [-0.3, -0.25) is 4.90 Å². The average Bonchev–Trinajstić information content (AvgIpc) is 2.49. The van der Waals surface area contributed by atoms with Crippen molar-refractivity contribution >= 4 is 12.4 Å². The Hall–Kier alpha value is -1.02. The van der Waals surface area contributed by atoms with Gasteiger partial charge in [-0.1, -0.05) is 18.2 Å². The van der Waals surface area contributed by atoms with Crippen LogP contribution in [0.4, 0.5) is 13.2 Å². The maximum atomic E-state index is 12.6. The van der Waals surface area contributed by atoms with Gasteiger partial charge in [-0.25, -0.2) is 0 Å². The largest absolute Gasteiger partial charge is 0.573 e. The van der Waals surface area contributed by atoms with Gasteiger partial charge in [0.1, 0.15) is 5.75 Å². The predicted octanol–water partition coefficient (Wildman–Crippen LogP) is 2.73. The smallest absolute Gasteiger partial charge is 0.405 e. The SMILES string of the molecule is Cl.OCCC[C@H](c1ccccc1OC(F)(F)F)N1CCNCC1. The van der Waals surface area contributed by atoms with Gasteiger partial charge in [0, 0.05) is 44.4 Å². The van der Waals surface area contributed by atoms with E-state index < -0.39 is 6.36 Å². The molecule has 8 heteroatoms. The molecule has 1 atom stereocenters. The van der Waals surface area contributed by atoms with Crippen molar-refractivity contribution in [3.05, 3.63) is 29.8 Å². The normalized spacial score (nSPS) is 17.4. The Kier molecular flexibility index (Phi) is 8.11. The number of aliphatic hydroxyl groups is 1. The molecule has 1 aliphatic rings. The first-order chi connectivity index (χ1) is 10.5. The van der Waals surface area contributed by atoms with Gasteiger partial charge in [0.2, 0.25) is 0 Å². The molecule has 1 heterocycles. The molecule has 23 heavy (non-hydrogen) atoms. The summed E-state index contributed by atoms with van der Waals surface area (Å²) in [5.41, 5.74) is 0.523. The number of rotatable bonds is 6. The first kappa shape index (κ1) is 20.0. The summed E-state index contributed by atoms with van der Waals surface area (Å²) in [7, 11) is 0. The number of nitrogens with one attached hydrogen (secondary N) is 1. The zero-order valence-corrected chi connectivity index (χ0v) is 13.5. The number of benzene rings is 1. The molecule has 1 aromatic carbocycles. The van der Waals surface area contributed by atoms with E-state index in [4.69, 9.17) is 5.11 Å². The second kappa shape index (κ2) is 9.32. The van der Waals surface area contributed by atoms with Crippen LogP contribution in [0.3, 0.4) is 0 Å². The van der Waals surface area contributed by atoms with E-state index in [-0.39, 0.29) is 30.8 Å². The van der Waals surface area contributed by atoms with E-state index in [0.29, 0.717) is 18.4 Å². The minimum atomic E-state index is -4.71. The molecule has 1 saturated heterocycles. The molecule has 1 aromatic rings. The summed E-state index contributed by atoms with van der Waals surface area (Å²) in [6, 6.07) is 6.08. The summed E-state index contributed by atoms with van der Waals surface area (Å²) in [5, 5.41) is 12.3. The number of ether oxygens (including phenoxy) is 1. The lowest BCUT2D eigenvalue weighted by Gasteiger charge is -2.36. The second-order valence-electron chi connectivity index (χ2n) is 5.25. The Balaban J connectivity index is 0.00000264. The molecule has 0 aliphatic carbocycles. The maximum absolute atomic E-state index is 12.6. The molecular formula is C15H22ClF3N2O2. The highest BCUT2D eigenvalue weighted by Crippen LogP contribution is 2.35. The van der Waals surface area contributed by atoms with E-state index in [0.717, 1.165) is 26.2 Å². The van der Waals surface area contributed by atoms with Crippen LogP contribution in [0.15, 0.2) is 24.3 Å². The van der Waals surface area contributed by atoms with Crippen molar-refractivity contribution in [3.8, 4) is 5.75 Å². The van der Waals surface area contributed by atoms with Crippen LogP contribution in [0.2, 0.25) is 0 Å². The molecule has 1 fully saturated rings. The van der Waals surface area contributed by atoms with Crippen LogP contribution in [0, 0.1) is 0 Å². The van der Waals surface area contributed by atoms with Crippen LogP contribution in [-0.4, -0.2) is 49.2 Å². The van der Waals surface area contributed by atoms with Crippen LogP contribution in [0.1, 0.15) is 24.4 Å². The monoisotopic (exact) mass is 354 g/mol. The van der Waals surface area contributed by atoms with Crippen LogP contribution >= 0.6 is 12.4 Å². The van der Waals surface area contributed by atoms with Crippen LogP contribution < -0.4 is 10.1 Å². The third-order valence-electron chi connectivity index (χ3n) is 3.73. The molecule has 2 rings (SSSR count). The highest BCUT2D eigenvalue weighted by molar-refractivity contribution is 5.85. The van der Waals surface area contributed by atoms with Gasteiger partial charge in [-0.2, -0.15) is 0 Å². The predicted molar refractivity (Wildman–Crippen MR) is 83.9 cm³/mol. The van der Waals surface area contributed by atoms with Crippen LogP contribution in [0.5, 0.6) is 5.75 Å². The van der Waals surface area contributed by atoms with Crippen molar-refractivity contribution in [1.29, 1.82) is 0 Å². The summed E-state index contributed by atoms with van der Waals surface area (Å²) < 4.78 is 42.0. The lowest BCUT2D eigenvalue weighted by Crippen LogP contribution is -2.45. The van der Waals surface area contributed by atoms with E-state index >= 15 is 0 Å². The summed E-state index contributed by atoms with van der Waals surface area (Å²) in [5.74, 6) is -0.156. The zero-order valence-electron chi connectivity index (χ0n) is 12.7. The first-order valence-electron chi connectivity index (χ1n) is 7.41. The van der Waals surface area contributed by atoms with E-state index in [1.54, 1.807) is 12.1 Å². The number of aliphatic hydroxyl groups excluding tert-OH is 1. The minimum absolute atomic E-state index is 0. The lowest BCUT2D eigenvalue weighted by molar-refractivity contribution is -0.275. The van der Waals surface area contributed by atoms with Gasteiger partial charge in [0.15, 0.2) is 0 Å². The Labute approximate surface area is 140 Å². The highest BCUT2D eigenvalue weighted by Gasteiger charge is 2.33. The number of nitrogens with zero attached hydrogens (tertiary/aromatic N) is 1. The zero-order chi connectivity index (χ0) is 16.0. The molecule has 4 nitrogen and oxygen atoms in total. The minimum Gasteiger partial charge on any atom is -0.405 e. The molecule has 0 spiro atoms. The fraction of sp³-hybridized carbons (Fsp3) is 0.600. The van der Waals surface area contributed by atoms with Gasteiger partial charge >= 0.3 is 6.36 Å². The lowest BCUT2D eigenvalue weighted by atomic mass is 9.98. The van der Waals surface area contributed by atoms with Gasteiger partial charge in [-0.05, 0) is 18.9 Å². The van der Waals surface area contributed by atoms with E-state index in [1.807, 2.05) is 0 Å². The first-order valence-corrected chi connectivity index (χ1v) is 7.41. The number of hydrogen-bond donors (Lipinski definition) is 2. The van der Waals surface area contributed by atoms with Gasteiger partial charge in [0.25, 0.3) is 0 Å². The number of hydrogen-bond acceptors (Lipinski definition) is 4. The fourth-order valence-corrected chi connectivity index (χ4v) is 2.79. The van der Waals surface area contributed by atoms with Gasteiger partial charge in [-0.15, -0.1) is 25.6 Å². The van der Waals surface area contributed by atoms with Gasteiger partial charge in [0.05, 0.1) is 0 Å². The summed E-state index contributed by atoms with van der Waals surface area (Å²) in [6.07, 6.45) is -3.58. The Morgan fingerprint density at radius 3 is 2.48 bits per heavy atom. The Bertz CT molecular complexity index is 468. The molecule has 0 aromatic heterocycles. The summed E-state index contributed by atoms with van der Waals surface area (Å²) in [4.78, 5) is 2.14. The van der Waals surface area contributed by atoms with Crippen molar-refractivity contribution in [2.45, 2.75) is 25.2 Å². The van der Waals surface area contributed by atoms with E-state index in [1.165, 1.54) is 12.1 Å². The Morgan fingerprint density at radius 1 is 1.22 bits per heavy atom. The van der Waals surface area contributed by atoms with Crippen molar-refractivity contribution in [2.24, 2.45) is 0 Å². The molecule has 0 saturated carbocycles. The van der Waals surface area contributed by atoms with Crippen molar-refractivity contribution in [2.75, 3.05) is 32.8 Å². The quantitative estimate of drug-likeness (QED) is 0.824. The third kappa shape index (κ3) is 6.18. The molecule has 1 aliphatic heterocycles. The maximum Gasteiger partial charge on any atom is 0.573 e. The van der Waals surface area contributed by atoms with Crippen molar-refractivity contribution in [3.63, 3.8) is 0 Å². The third-order valence-corrected chi connectivity index (χ3v) is 3.73. The number of halogens is 4. The summed E-state index contributed by atoms with van der Waals surface area (Å²) in [6.45, 7) is 3.15. The molecule has 132 valence electrons. The average molecular weight is 355 g/mol. The molecule has 0 unspecified atom stereocenters. The number of alkyl halides is 3. The molecule has 2 N–H and O–H groups in total. The number of para-hydroxylation sites is 1. The molecule has 0 radical (unpaired) electrons. The fourth-order valence-electron chi connectivity index (χ4n) is 2.79. The van der Waals surface area contributed by atoms with E-state index in [2.05, 4.69) is 15.0 Å². The topological polar surface area (TPSA) is 44.7 Å². The Morgan fingerprint density at radius 2 is 1.87 bits per heavy atom. The molecule has 0 amide bonds. The van der Waals surface area contributed by atoms with Gasteiger partial charge < -0.3 is 15.2 Å². The molecule has 0 bridgehead atoms.